The Bertz CT molecular complexity index is 504. The van der Waals surface area contributed by atoms with Gasteiger partial charge in [0, 0.05) is 5.92 Å². The first kappa shape index (κ1) is 10.5. The molecule has 2 aromatic rings. The molecule has 17 heavy (non-hydrogen) atoms. The fraction of sp³-hybridized carbons (Fsp3) is 0.250. The molecule has 1 N–H and O–H groups in total. The van der Waals surface area contributed by atoms with Crippen molar-refractivity contribution >= 4 is 0 Å². The van der Waals surface area contributed by atoms with Crippen molar-refractivity contribution < 1.29 is 5.11 Å². The summed E-state index contributed by atoms with van der Waals surface area (Å²) in [7, 11) is 0. The largest absolute Gasteiger partial charge is 0.388 e. The Morgan fingerprint density at radius 3 is 2.18 bits per heavy atom. The van der Waals surface area contributed by atoms with Crippen molar-refractivity contribution in [3.05, 3.63) is 71.3 Å². The maximum Gasteiger partial charge on any atom is 0.0793 e. The van der Waals surface area contributed by atoms with Gasteiger partial charge in [-0.2, -0.15) is 0 Å². The lowest BCUT2D eigenvalue weighted by Gasteiger charge is -2.29. The van der Waals surface area contributed by atoms with Crippen LogP contribution < -0.4 is 0 Å². The number of hydrogen-bond donors (Lipinski definition) is 1. The fourth-order valence-electron chi connectivity index (χ4n) is 2.80. The molecule has 86 valence electrons. The molecule has 0 heterocycles. The minimum Gasteiger partial charge on any atom is -0.388 e. The highest BCUT2D eigenvalue weighted by Crippen LogP contribution is 2.40. The summed E-state index contributed by atoms with van der Waals surface area (Å²) in [5, 5.41) is 10.0. The van der Waals surface area contributed by atoms with Gasteiger partial charge in [-0.3, -0.25) is 0 Å². The van der Waals surface area contributed by atoms with Crippen LogP contribution >= 0.6 is 0 Å². The predicted molar refractivity (Wildman–Crippen MR) is 68.9 cm³/mol. The SMILES string of the molecule is O[C@H]1CC[C@@H](c2ccccc2)c2ccccc21. The van der Waals surface area contributed by atoms with E-state index < -0.39 is 0 Å². The van der Waals surface area contributed by atoms with E-state index in [9.17, 15) is 5.11 Å². The molecule has 2 aromatic carbocycles. The van der Waals surface area contributed by atoms with Crippen molar-refractivity contribution in [1.82, 2.24) is 0 Å². The third kappa shape index (κ3) is 1.87. The van der Waals surface area contributed by atoms with Crippen LogP contribution in [-0.4, -0.2) is 5.11 Å². The van der Waals surface area contributed by atoms with Crippen molar-refractivity contribution in [3.63, 3.8) is 0 Å². The summed E-state index contributed by atoms with van der Waals surface area (Å²) >= 11 is 0. The van der Waals surface area contributed by atoms with Crippen LogP contribution in [0.5, 0.6) is 0 Å². The van der Waals surface area contributed by atoms with E-state index in [0.717, 1.165) is 18.4 Å². The second kappa shape index (κ2) is 4.34. The highest BCUT2D eigenvalue weighted by atomic mass is 16.3. The number of rotatable bonds is 1. The molecule has 0 aliphatic heterocycles. The summed E-state index contributed by atoms with van der Waals surface area (Å²) in [6, 6.07) is 18.9. The van der Waals surface area contributed by atoms with Crippen molar-refractivity contribution in [2.75, 3.05) is 0 Å². The Morgan fingerprint density at radius 2 is 1.41 bits per heavy atom. The lowest BCUT2D eigenvalue weighted by atomic mass is 9.78. The zero-order valence-corrected chi connectivity index (χ0v) is 9.71. The molecular formula is C16H16O. The highest BCUT2D eigenvalue weighted by Gasteiger charge is 2.26. The molecule has 1 nitrogen and oxygen atoms in total. The minimum absolute atomic E-state index is 0.286. The second-order valence-electron chi connectivity index (χ2n) is 4.69. The van der Waals surface area contributed by atoms with Gasteiger partial charge in [0.05, 0.1) is 6.10 Å². The Kier molecular flexibility index (Phi) is 2.69. The lowest BCUT2D eigenvalue weighted by molar-refractivity contribution is 0.153. The molecule has 3 rings (SSSR count). The predicted octanol–water partition coefficient (Wildman–Crippen LogP) is 3.65. The molecule has 0 spiro atoms. The van der Waals surface area contributed by atoms with Crippen LogP contribution in [-0.2, 0) is 0 Å². The van der Waals surface area contributed by atoms with Gasteiger partial charge in [0.15, 0.2) is 0 Å². The molecule has 0 saturated heterocycles. The first-order chi connectivity index (χ1) is 8.36. The molecule has 0 aromatic heterocycles. The number of fused-ring (bicyclic) bond motifs is 1. The van der Waals surface area contributed by atoms with Crippen LogP contribution in [0.15, 0.2) is 54.6 Å². The van der Waals surface area contributed by atoms with Crippen LogP contribution in [0, 0.1) is 0 Å². The second-order valence-corrected chi connectivity index (χ2v) is 4.69. The van der Waals surface area contributed by atoms with Crippen LogP contribution in [0.2, 0.25) is 0 Å². The third-order valence-electron chi connectivity index (χ3n) is 3.66. The van der Waals surface area contributed by atoms with E-state index in [-0.39, 0.29) is 6.10 Å². The van der Waals surface area contributed by atoms with Crippen molar-refractivity contribution in [1.29, 1.82) is 0 Å². The third-order valence-corrected chi connectivity index (χ3v) is 3.66. The lowest BCUT2D eigenvalue weighted by Crippen LogP contribution is -2.14. The molecule has 0 saturated carbocycles. The zero-order chi connectivity index (χ0) is 11.7. The van der Waals surface area contributed by atoms with Crippen LogP contribution in [0.1, 0.15) is 41.6 Å². The van der Waals surface area contributed by atoms with Crippen molar-refractivity contribution in [2.24, 2.45) is 0 Å². The summed E-state index contributed by atoms with van der Waals surface area (Å²) in [6.45, 7) is 0. The zero-order valence-electron chi connectivity index (χ0n) is 9.71. The average molecular weight is 224 g/mol. The van der Waals surface area contributed by atoms with Crippen LogP contribution in [0.25, 0.3) is 0 Å². The summed E-state index contributed by atoms with van der Waals surface area (Å²) in [5.41, 5.74) is 3.75. The van der Waals surface area contributed by atoms with E-state index in [1.807, 2.05) is 12.1 Å². The number of aliphatic hydroxyl groups excluding tert-OH is 1. The summed E-state index contributed by atoms with van der Waals surface area (Å²) in [6.07, 6.45) is 1.60. The van der Waals surface area contributed by atoms with E-state index in [1.54, 1.807) is 0 Å². The smallest absolute Gasteiger partial charge is 0.0793 e. The Balaban J connectivity index is 2.07. The summed E-state index contributed by atoms with van der Waals surface area (Å²) in [4.78, 5) is 0. The van der Waals surface area contributed by atoms with Gasteiger partial charge in [-0.15, -0.1) is 0 Å². The molecule has 0 radical (unpaired) electrons. The van der Waals surface area contributed by atoms with Gasteiger partial charge < -0.3 is 5.11 Å². The number of benzene rings is 2. The quantitative estimate of drug-likeness (QED) is 0.784. The molecule has 1 heteroatoms. The van der Waals surface area contributed by atoms with Gasteiger partial charge in [0.1, 0.15) is 0 Å². The van der Waals surface area contributed by atoms with E-state index >= 15 is 0 Å². The van der Waals surface area contributed by atoms with Gasteiger partial charge in [-0.25, -0.2) is 0 Å². The Hall–Kier alpha value is -1.60. The van der Waals surface area contributed by atoms with E-state index in [1.165, 1.54) is 11.1 Å². The topological polar surface area (TPSA) is 20.2 Å². The minimum atomic E-state index is -0.286. The molecule has 0 unspecified atom stereocenters. The van der Waals surface area contributed by atoms with Gasteiger partial charge >= 0.3 is 0 Å². The monoisotopic (exact) mass is 224 g/mol. The van der Waals surface area contributed by atoms with Gasteiger partial charge in [0.25, 0.3) is 0 Å². The summed E-state index contributed by atoms with van der Waals surface area (Å²) in [5.74, 6) is 0.441. The number of hydrogen-bond acceptors (Lipinski definition) is 1. The molecule has 0 bridgehead atoms. The number of aliphatic hydroxyl groups is 1. The van der Waals surface area contributed by atoms with E-state index in [4.69, 9.17) is 0 Å². The average Bonchev–Trinajstić information content (AvgIpc) is 2.41. The standard InChI is InChI=1S/C16H16O/c17-16-11-10-13(12-6-2-1-3-7-12)14-8-4-5-9-15(14)16/h1-9,13,16-17H,10-11H2/t13-,16-/m0/s1. The van der Waals surface area contributed by atoms with E-state index in [2.05, 4.69) is 42.5 Å². The molecule has 1 aliphatic rings. The molecular weight excluding hydrogens is 208 g/mol. The van der Waals surface area contributed by atoms with Gasteiger partial charge in [0.2, 0.25) is 0 Å². The van der Waals surface area contributed by atoms with Crippen molar-refractivity contribution in [2.45, 2.75) is 24.9 Å². The van der Waals surface area contributed by atoms with Crippen LogP contribution in [0.4, 0.5) is 0 Å². The Labute approximate surface area is 102 Å². The van der Waals surface area contributed by atoms with Gasteiger partial charge in [-0.05, 0) is 29.5 Å². The molecule has 0 fully saturated rings. The first-order valence-corrected chi connectivity index (χ1v) is 6.18. The molecule has 0 amide bonds. The van der Waals surface area contributed by atoms with Crippen LogP contribution in [0.3, 0.4) is 0 Å². The molecule has 1 aliphatic carbocycles. The summed E-state index contributed by atoms with van der Waals surface area (Å²) < 4.78 is 0. The normalized spacial score (nSPS) is 23.1. The maximum atomic E-state index is 10.0. The van der Waals surface area contributed by atoms with Gasteiger partial charge in [-0.1, -0.05) is 54.6 Å². The Morgan fingerprint density at radius 1 is 0.765 bits per heavy atom. The molecule has 2 atom stereocenters. The maximum absolute atomic E-state index is 10.0. The van der Waals surface area contributed by atoms with E-state index in [0.29, 0.717) is 5.92 Å². The van der Waals surface area contributed by atoms with Crippen molar-refractivity contribution in [3.8, 4) is 0 Å². The first-order valence-electron chi connectivity index (χ1n) is 6.18. The highest BCUT2D eigenvalue weighted by molar-refractivity contribution is 5.40. The fourth-order valence-corrected chi connectivity index (χ4v) is 2.80.